The van der Waals surface area contributed by atoms with Crippen molar-refractivity contribution in [1.82, 2.24) is 15.1 Å². The fourth-order valence-electron chi connectivity index (χ4n) is 2.94. The van der Waals surface area contributed by atoms with E-state index < -0.39 is 0 Å². The first-order valence-electron chi connectivity index (χ1n) is 7.61. The van der Waals surface area contributed by atoms with Crippen LogP contribution in [0.15, 0.2) is 0 Å². The van der Waals surface area contributed by atoms with Crippen molar-refractivity contribution in [1.29, 1.82) is 0 Å². The lowest BCUT2D eigenvalue weighted by Gasteiger charge is -2.37. The largest absolute Gasteiger partial charge is 0.331 e. The number of fused-ring (bicyclic) bond motifs is 1. The standard InChI is InChI=1S/C15H27N3O2/c1-11(8-16-15(2,3)4)9-17-10-13(19)18-7-5-6-12(18)14(17)20/h11-12,16H,5-10H2,1-4H3. The summed E-state index contributed by atoms with van der Waals surface area (Å²) >= 11 is 0. The number of carbonyl (C=O) groups is 2. The lowest BCUT2D eigenvalue weighted by Crippen LogP contribution is -2.58. The van der Waals surface area contributed by atoms with Gasteiger partial charge in [0, 0.05) is 18.6 Å². The average molecular weight is 281 g/mol. The Balaban J connectivity index is 1.89. The monoisotopic (exact) mass is 281 g/mol. The Labute approximate surface area is 121 Å². The molecule has 2 atom stereocenters. The number of hydrogen-bond donors (Lipinski definition) is 1. The van der Waals surface area contributed by atoms with Crippen molar-refractivity contribution in [3.63, 3.8) is 0 Å². The van der Waals surface area contributed by atoms with Gasteiger partial charge in [0.05, 0.1) is 6.54 Å². The summed E-state index contributed by atoms with van der Waals surface area (Å²) in [5.41, 5.74) is 0.0816. The molecule has 0 saturated carbocycles. The van der Waals surface area contributed by atoms with Gasteiger partial charge in [-0.15, -0.1) is 0 Å². The number of nitrogens with zero attached hydrogens (tertiary/aromatic N) is 2. The van der Waals surface area contributed by atoms with Gasteiger partial charge >= 0.3 is 0 Å². The Kier molecular flexibility index (Phi) is 4.37. The van der Waals surface area contributed by atoms with Crippen LogP contribution in [0, 0.1) is 5.92 Å². The van der Waals surface area contributed by atoms with Crippen molar-refractivity contribution in [2.45, 2.75) is 52.1 Å². The number of hydrogen-bond acceptors (Lipinski definition) is 3. The summed E-state index contributed by atoms with van der Waals surface area (Å²) in [6.45, 7) is 11.0. The summed E-state index contributed by atoms with van der Waals surface area (Å²) in [6, 6.07) is -0.181. The molecule has 5 nitrogen and oxygen atoms in total. The van der Waals surface area contributed by atoms with Gasteiger partial charge in [0.15, 0.2) is 0 Å². The smallest absolute Gasteiger partial charge is 0.245 e. The highest BCUT2D eigenvalue weighted by molar-refractivity contribution is 5.95. The number of piperazine rings is 1. The zero-order chi connectivity index (χ0) is 14.9. The van der Waals surface area contributed by atoms with Crippen molar-refractivity contribution in [2.24, 2.45) is 5.92 Å². The second-order valence-electron chi connectivity index (χ2n) is 7.20. The summed E-state index contributed by atoms with van der Waals surface area (Å²) < 4.78 is 0. The number of carbonyl (C=O) groups excluding carboxylic acids is 2. The van der Waals surface area contributed by atoms with Crippen molar-refractivity contribution in [3.8, 4) is 0 Å². The van der Waals surface area contributed by atoms with Crippen molar-refractivity contribution in [2.75, 3.05) is 26.2 Å². The Bertz CT molecular complexity index is 389. The van der Waals surface area contributed by atoms with E-state index in [2.05, 4.69) is 33.0 Å². The molecule has 0 spiro atoms. The van der Waals surface area contributed by atoms with Crippen LogP contribution in [-0.2, 0) is 9.59 Å². The molecule has 0 aromatic heterocycles. The Hall–Kier alpha value is -1.10. The third kappa shape index (κ3) is 3.51. The summed E-state index contributed by atoms with van der Waals surface area (Å²) in [5, 5.41) is 3.45. The first kappa shape index (κ1) is 15.3. The predicted octanol–water partition coefficient (Wildman–Crippen LogP) is 0.844. The molecule has 5 heteroatoms. The van der Waals surface area contributed by atoms with E-state index in [0.717, 1.165) is 25.9 Å². The minimum Gasteiger partial charge on any atom is -0.331 e. The van der Waals surface area contributed by atoms with Gasteiger partial charge in [-0.05, 0) is 46.1 Å². The molecule has 2 aliphatic rings. The number of nitrogens with one attached hydrogen (secondary N) is 1. The molecule has 2 heterocycles. The molecule has 2 aliphatic heterocycles. The minimum atomic E-state index is -0.181. The van der Waals surface area contributed by atoms with Crippen LogP contribution in [-0.4, -0.2) is 59.4 Å². The zero-order valence-corrected chi connectivity index (χ0v) is 13.1. The molecule has 2 fully saturated rings. The highest BCUT2D eigenvalue weighted by Crippen LogP contribution is 2.24. The third-order valence-corrected chi connectivity index (χ3v) is 4.01. The fourth-order valence-corrected chi connectivity index (χ4v) is 2.94. The van der Waals surface area contributed by atoms with Gasteiger partial charge in [0.1, 0.15) is 6.04 Å². The van der Waals surface area contributed by atoms with E-state index in [1.807, 2.05) is 0 Å². The van der Waals surface area contributed by atoms with Crippen molar-refractivity contribution in [3.05, 3.63) is 0 Å². The van der Waals surface area contributed by atoms with Gasteiger partial charge in [-0.3, -0.25) is 9.59 Å². The molecule has 114 valence electrons. The van der Waals surface area contributed by atoms with Gasteiger partial charge in [0.2, 0.25) is 11.8 Å². The summed E-state index contributed by atoms with van der Waals surface area (Å²) in [7, 11) is 0. The third-order valence-electron chi connectivity index (χ3n) is 4.01. The van der Waals surface area contributed by atoms with Crippen LogP contribution in [0.2, 0.25) is 0 Å². The maximum atomic E-state index is 12.4. The van der Waals surface area contributed by atoms with E-state index in [1.165, 1.54) is 0 Å². The summed E-state index contributed by atoms with van der Waals surface area (Å²) in [4.78, 5) is 28.0. The molecule has 2 rings (SSSR count). The van der Waals surface area contributed by atoms with Gasteiger partial charge in [0.25, 0.3) is 0 Å². The number of rotatable bonds is 4. The Morgan fingerprint density at radius 1 is 1.35 bits per heavy atom. The second kappa shape index (κ2) is 5.72. The lowest BCUT2D eigenvalue weighted by atomic mass is 10.0. The Morgan fingerprint density at radius 2 is 2.05 bits per heavy atom. The maximum absolute atomic E-state index is 12.4. The number of amides is 2. The van der Waals surface area contributed by atoms with Crippen molar-refractivity contribution < 1.29 is 9.59 Å². The van der Waals surface area contributed by atoms with Crippen LogP contribution in [0.3, 0.4) is 0 Å². The molecule has 2 unspecified atom stereocenters. The van der Waals surface area contributed by atoms with E-state index in [-0.39, 0.29) is 29.9 Å². The molecule has 0 aromatic carbocycles. The molecule has 20 heavy (non-hydrogen) atoms. The Morgan fingerprint density at radius 3 is 2.70 bits per heavy atom. The van der Waals surface area contributed by atoms with E-state index in [0.29, 0.717) is 12.5 Å². The predicted molar refractivity (Wildman–Crippen MR) is 78.2 cm³/mol. The first-order valence-corrected chi connectivity index (χ1v) is 7.61. The normalized spacial score (nSPS) is 25.1. The highest BCUT2D eigenvalue weighted by atomic mass is 16.2. The first-order chi connectivity index (χ1) is 9.28. The zero-order valence-electron chi connectivity index (χ0n) is 13.1. The van der Waals surface area contributed by atoms with E-state index >= 15 is 0 Å². The van der Waals surface area contributed by atoms with Crippen LogP contribution < -0.4 is 5.32 Å². The van der Waals surface area contributed by atoms with Crippen LogP contribution in [0.25, 0.3) is 0 Å². The maximum Gasteiger partial charge on any atom is 0.245 e. The van der Waals surface area contributed by atoms with Crippen LogP contribution >= 0.6 is 0 Å². The molecule has 1 N–H and O–H groups in total. The molecular formula is C15H27N3O2. The summed E-state index contributed by atoms with van der Waals surface area (Å²) in [5.74, 6) is 0.603. The molecule has 0 radical (unpaired) electrons. The molecular weight excluding hydrogens is 254 g/mol. The fraction of sp³-hybridized carbons (Fsp3) is 0.867. The van der Waals surface area contributed by atoms with Gasteiger partial charge in [-0.2, -0.15) is 0 Å². The van der Waals surface area contributed by atoms with E-state index in [1.54, 1.807) is 9.80 Å². The second-order valence-corrected chi connectivity index (χ2v) is 7.20. The molecule has 0 aromatic rings. The average Bonchev–Trinajstić information content (AvgIpc) is 2.82. The molecule has 2 amide bonds. The van der Waals surface area contributed by atoms with E-state index in [4.69, 9.17) is 0 Å². The van der Waals surface area contributed by atoms with Crippen LogP contribution in [0.4, 0.5) is 0 Å². The van der Waals surface area contributed by atoms with Gasteiger partial charge in [-0.1, -0.05) is 6.92 Å². The topological polar surface area (TPSA) is 52.7 Å². The van der Waals surface area contributed by atoms with Crippen LogP contribution in [0.1, 0.15) is 40.5 Å². The van der Waals surface area contributed by atoms with E-state index in [9.17, 15) is 9.59 Å². The molecule has 2 saturated heterocycles. The van der Waals surface area contributed by atoms with Gasteiger partial charge < -0.3 is 15.1 Å². The molecule has 0 aliphatic carbocycles. The quantitative estimate of drug-likeness (QED) is 0.831. The van der Waals surface area contributed by atoms with Crippen LogP contribution in [0.5, 0.6) is 0 Å². The lowest BCUT2D eigenvalue weighted by molar-refractivity contribution is -0.154. The highest BCUT2D eigenvalue weighted by Gasteiger charge is 2.41. The van der Waals surface area contributed by atoms with Crippen molar-refractivity contribution >= 4 is 11.8 Å². The minimum absolute atomic E-state index is 0.0816. The SMILES string of the molecule is CC(CNC(C)(C)C)CN1CC(=O)N2CCCC2C1=O. The van der Waals surface area contributed by atoms with Gasteiger partial charge in [-0.25, -0.2) is 0 Å². The summed E-state index contributed by atoms with van der Waals surface area (Å²) in [6.07, 6.45) is 1.78. The molecule has 0 bridgehead atoms.